The summed E-state index contributed by atoms with van der Waals surface area (Å²) < 4.78 is 6.76. The van der Waals surface area contributed by atoms with Crippen molar-refractivity contribution in [1.29, 1.82) is 0 Å². The van der Waals surface area contributed by atoms with Gasteiger partial charge in [-0.2, -0.15) is 5.10 Å². The summed E-state index contributed by atoms with van der Waals surface area (Å²) in [4.78, 5) is 12.2. The average Bonchev–Trinajstić information content (AvgIpc) is 3.20. The summed E-state index contributed by atoms with van der Waals surface area (Å²) in [5.74, 6) is -0.407. The lowest BCUT2D eigenvalue weighted by molar-refractivity contribution is 0.0602. The van der Waals surface area contributed by atoms with Crippen LogP contribution >= 0.6 is 11.6 Å². The first-order chi connectivity index (χ1) is 13.6. The van der Waals surface area contributed by atoms with E-state index >= 15 is 0 Å². The Labute approximate surface area is 168 Å². The Hall–Kier alpha value is -3.11. The lowest BCUT2D eigenvalue weighted by Crippen LogP contribution is -2.12. The fourth-order valence-electron chi connectivity index (χ4n) is 3.42. The van der Waals surface area contributed by atoms with Gasteiger partial charge in [-0.15, -0.1) is 0 Å². The minimum atomic E-state index is -0.407. The molecule has 1 aromatic heterocycles. The monoisotopic (exact) mass is 390 g/mol. The van der Waals surface area contributed by atoms with E-state index in [0.717, 1.165) is 16.5 Å². The van der Waals surface area contributed by atoms with E-state index in [-0.39, 0.29) is 6.04 Å². The van der Waals surface area contributed by atoms with E-state index < -0.39 is 5.97 Å². The van der Waals surface area contributed by atoms with Gasteiger partial charge in [0.25, 0.3) is 0 Å². The molecular weight excluding hydrogens is 372 g/mol. The van der Waals surface area contributed by atoms with E-state index in [9.17, 15) is 4.79 Å². The smallest absolute Gasteiger partial charge is 0.340 e. The molecule has 0 saturated carbocycles. The van der Waals surface area contributed by atoms with Crippen LogP contribution in [0.25, 0.3) is 22.0 Å². The van der Waals surface area contributed by atoms with E-state index in [4.69, 9.17) is 16.3 Å². The number of hydrogen-bond donors (Lipinski definition) is 0. The maximum absolute atomic E-state index is 12.2. The Bertz CT molecular complexity index is 1130. The van der Waals surface area contributed by atoms with Gasteiger partial charge in [-0.3, -0.25) is 4.68 Å². The molecule has 4 nitrogen and oxygen atoms in total. The number of rotatable bonds is 4. The van der Waals surface area contributed by atoms with Crippen LogP contribution in [0.1, 0.15) is 28.9 Å². The van der Waals surface area contributed by atoms with Gasteiger partial charge in [-0.1, -0.05) is 66.2 Å². The zero-order chi connectivity index (χ0) is 19.7. The van der Waals surface area contributed by atoms with Crippen LogP contribution in [0.4, 0.5) is 0 Å². The Balaban J connectivity index is 1.76. The highest BCUT2D eigenvalue weighted by Gasteiger charge is 2.20. The summed E-state index contributed by atoms with van der Waals surface area (Å²) in [6.45, 7) is 2.05. The van der Waals surface area contributed by atoms with Crippen molar-refractivity contribution in [2.75, 3.05) is 7.11 Å². The van der Waals surface area contributed by atoms with Gasteiger partial charge in [0.2, 0.25) is 0 Å². The molecule has 1 unspecified atom stereocenters. The second-order valence-electron chi connectivity index (χ2n) is 6.60. The second kappa shape index (κ2) is 7.49. The van der Waals surface area contributed by atoms with Gasteiger partial charge in [-0.05, 0) is 35.7 Å². The summed E-state index contributed by atoms with van der Waals surface area (Å²) in [6.07, 6.45) is 1.69. The number of esters is 1. The SMILES string of the molecule is COC(=O)c1ccc(Cl)c2cnn(C(C)c3ccc(-c4ccccc4)cc3)c12. The Morgan fingerprint density at radius 1 is 1.00 bits per heavy atom. The molecule has 1 atom stereocenters. The van der Waals surface area contributed by atoms with Crippen LogP contribution in [0.3, 0.4) is 0 Å². The Morgan fingerprint density at radius 3 is 2.36 bits per heavy atom. The highest BCUT2D eigenvalue weighted by Crippen LogP contribution is 2.31. The molecule has 0 N–H and O–H groups in total. The van der Waals surface area contributed by atoms with Crippen molar-refractivity contribution < 1.29 is 9.53 Å². The number of benzene rings is 3. The lowest BCUT2D eigenvalue weighted by atomic mass is 10.0. The summed E-state index contributed by atoms with van der Waals surface area (Å²) in [5, 5.41) is 5.80. The zero-order valence-corrected chi connectivity index (χ0v) is 16.4. The number of nitrogens with zero attached hydrogens (tertiary/aromatic N) is 2. The van der Waals surface area contributed by atoms with E-state index in [0.29, 0.717) is 16.1 Å². The van der Waals surface area contributed by atoms with Crippen LogP contribution in [0, 0.1) is 0 Å². The molecule has 0 radical (unpaired) electrons. The van der Waals surface area contributed by atoms with Gasteiger partial charge in [0.15, 0.2) is 0 Å². The highest BCUT2D eigenvalue weighted by atomic mass is 35.5. The number of ether oxygens (including phenoxy) is 1. The molecule has 0 bridgehead atoms. The molecular formula is C23H19ClN2O2. The molecule has 5 heteroatoms. The largest absolute Gasteiger partial charge is 0.465 e. The van der Waals surface area contributed by atoms with Gasteiger partial charge in [-0.25, -0.2) is 4.79 Å². The van der Waals surface area contributed by atoms with Crippen LogP contribution < -0.4 is 0 Å². The number of hydrogen-bond acceptors (Lipinski definition) is 3. The van der Waals surface area contributed by atoms with Gasteiger partial charge < -0.3 is 4.74 Å². The van der Waals surface area contributed by atoms with E-state index in [1.165, 1.54) is 12.7 Å². The maximum Gasteiger partial charge on any atom is 0.340 e. The molecule has 0 aliphatic carbocycles. The fourth-order valence-corrected chi connectivity index (χ4v) is 3.63. The van der Waals surface area contributed by atoms with Crippen LogP contribution in [-0.2, 0) is 4.74 Å². The van der Waals surface area contributed by atoms with Crippen molar-refractivity contribution in [2.45, 2.75) is 13.0 Å². The van der Waals surface area contributed by atoms with Crippen LogP contribution in [-0.4, -0.2) is 22.9 Å². The molecule has 1 heterocycles. The zero-order valence-electron chi connectivity index (χ0n) is 15.6. The molecule has 0 aliphatic rings. The third-order valence-electron chi connectivity index (χ3n) is 4.98. The number of halogens is 1. The van der Waals surface area contributed by atoms with Crippen molar-refractivity contribution in [3.05, 3.63) is 89.1 Å². The van der Waals surface area contributed by atoms with Gasteiger partial charge in [0, 0.05) is 5.39 Å². The molecule has 0 aliphatic heterocycles. The summed E-state index contributed by atoms with van der Waals surface area (Å²) in [6, 6.07) is 21.9. The molecule has 0 saturated heterocycles. The number of aromatic nitrogens is 2. The Kier molecular flexibility index (Phi) is 4.88. The van der Waals surface area contributed by atoms with Crippen molar-refractivity contribution in [3.63, 3.8) is 0 Å². The van der Waals surface area contributed by atoms with Gasteiger partial charge in [0.05, 0.1) is 35.5 Å². The molecule has 4 aromatic rings. The third kappa shape index (κ3) is 3.16. The van der Waals surface area contributed by atoms with Gasteiger partial charge in [0.1, 0.15) is 0 Å². The lowest BCUT2D eigenvalue weighted by Gasteiger charge is -2.16. The average molecular weight is 391 g/mol. The Morgan fingerprint density at radius 2 is 1.68 bits per heavy atom. The summed E-state index contributed by atoms with van der Waals surface area (Å²) in [7, 11) is 1.37. The van der Waals surface area contributed by atoms with E-state index in [2.05, 4.69) is 41.5 Å². The maximum atomic E-state index is 12.2. The number of carbonyl (C=O) groups is 1. The van der Waals surface area contributed by atoms with Crippen LogP contribution in [0.5, 0.6) is 0 Å². The number of methoxy groups -OCH3 is 1. The fraction of sp³-hybridized carbons (Fsp3) is 0.130. The predicted octanol–water partition coefficient (Wildman–Crippen LogP) is 5.75. The van der Waals surface area contributed by atoms with Gasteiger partial charge >= 0.3 is 5.97 Å². The van der Waals surface area contributed by atoms with Crippen molar-refractivity contribution in [2.24, 2.45) is 0 Å². The first-order valence-electron chi connectivity index (χ1n) is 8.99. The summed E-state index contributed by atoms with van der Waals surface area (Å²) in [5.41, 5.74) is 4.54. The first-order valence-corrected chi connectivity index (χ1v) is 9.37. The van der Waals surface area contributed by atoms with Crippen molar-refractivity contribution in [3.8, 4) is 11.1 Å². The van der Waals surface area contributed by atoms with Crippen molar-refractivity contribution >= 4 is 28.5 Å². The molecule has 0 spiro atoms. The molecule has 28 heavy (non-hydrogen) atoms. The quantitative estimate of drug-likeness (QED) is 0.416. The third-order valence-corrected chi connectivity index (χ3v) is 5.31. The van der Waals surface area contributed by atoms with E-state index in [1.807, 2.05) is 29.8 Å². The highest BCUT2D eigenvalue weighted by molar-refractivity contribution is 6.35. The normalized spacial score (nSPS) is 12.1. The van der Waals surface area contributed by atoms with Crippen molar-refractivity contribution in [1.82, 2.24) is 9.78 Å². The standard InChI is InChI=1S/C23H19ClN2O2/c1-15(16-8-10-18(11-9-16)17-6-4-3-5-7-17)26-22-19(23(27)28-2)12-13-21(24)20(22)14-25-26/h3-15H,1-2H3. The minimum Gasteiger partial charge on any atom is -0.465 e. The first kappa shape index (κ1) is 18.3. The van der Waals surface area contributed by atoms with E-state index in [1.54, 1.807) is 18.3 Å². The second-order valence-corrected chi connectivity index (χ2v) is 7.01. The number of fused-ring (bicyclic) bond motifs is 1. The minimum absolute atomic E-state index is 0.0794. The molecule has 140 valence electrons. The molecule has 3 aromatic carbocycles. The topological polar surface area (TPSA) is 44.1 Å². The molecule has 0 fully saturated rings. The predicted molar refractivity (Wildman–Crippen MR) is 112 cm³/mol. The molecule has 0 amide bonds. The number of carbonyl (C=O) groups excluding carboxylic acids is 1. The summed E-state index contributed by atoms with van der Waals surface area (Å²) >= 11 is 6.32. The van der Waals surface area contributed by atoms with Crippen LogP contribution in [0.15, 0.2) is 72.9 Å². The van der Waals surface area contributed by atoms with Crippen LogP contribution in [0.2, 0.25) is 5.02 Å². The molecule has 4 rings (SSSR count).